The van der Waals surface area contributed by atoms with Crippen LogP contribution in [0.3, 0.4) is 0 Å². The molecule has 1 aromatic rings. The zero-order valence-corrected chi connectivity index (χ0v) is 11.6. The lowest BCUT2D eigenvalue weighted by atomic mass is 10.2. The number of anilines is 1. The van der Waals surface area contributed by atoms with Crippen LogP contribution >= 0.6 is 24.8 Å². The van der Waals surface area contributed by atoms with Crippen LogP contribution in [0.4, 0.5) is 5.82 Å². The highest BCUT2D eigenvalue weighted by atomic mass is 35.5. The molecule has 1 aromatic heterocycles. The van der Waals surface area contributed by atoms with Gasteiger partial charge in [0.15, 0.2) is 11.5 Å². The first-order valence-electron chi connectivity index (χ1n) is 5.28. The summed E-state index contributed by atoms with van der Waals surface area (Å²) in [5, 5.41) is 3.22. The minimum atomic E-state index is -0.139. The normalized spacial score (nSPS) is 18.5. The molecule has 0 aliphatic carbocycles. The summed E-state index contributed by atoms with van der Waals surface area (Å²) in [6, 6.07) is 0.155. The van der Waals surface area contributed by atoms with Crippen molar-refractivity contribution in [1.82, 2.24) is 20.2 Å². The third kappa shape index (κ3) is 3.44. The molecule has 8 heteroatoms. The zero-order valence-electron chi connectivity index (χ0n) is 10.00. The van der Waals surface area contributed by atoms with Crippen LogP contribution in [0.25, 0.3) is 0 Å². The van der Waals surface area contributed by atoms with Crippen molar-refractivity contribution in [2.24, 2.45) is 0 Å². The standard InChI is InChI=1S/C10H15N5O.2ClH/c1-7-6-12-4-5-15(7)10(16)8-9(11)14-3-2-13-8;;/h2-3,7,12H,4-6H2,1H3,(H2,11,14);2*1H/t7-;;/m0../s1. The van der Waals surface area contributed by atoms with E-state index < -0.39 is 0 Å². The highest BCUT2D eigenvalue weighted by molar-refractivity contribution is 5.96. The van der Waals surface area contributed by atoms with Crippen molar-refractivity contribution in [3.8, 4) is 0 Å². The van der Waals surface area contributed by atoms with Crippen LogP contribution in [-0.4, -0.2) is 46.5 Å². The van der Waals surface area contributed by atoms with Crippen molar-refractivity contribution in [3.05, 3.63) is 18.1 Å². The molecule has 1 saturated heterocycles. The second-order valence-corrected chi connectivity index (χ2v) is 3.84. The maximum atomic E-state index is 12.1. The molecule has 2 rings (SSSR count). The van der Waals surface area contributed by atoms with Gasteiger partial charge in [0.05, 0.1) is 0 Å². The Morgan fingerprint density at radius 2 is 2.11 bits per heavy atom. The molecule has 1 atom stereocenters. The summed E-state index contributed by atoms with van der Waals surface area (Å²) < 4.78 is 0. The van der Waals surface area contributed by atoms with Crippen LogP contribution in [-0.2, 0) is 0 Å². The topological polar surface area (TPSA) is 84.1 Å². The van der Waals surface area contributed by atoms with Gasteiger partial charge >= 0.3 is 0 Å². The van der Waals surface area contributed by atoms with Gasteiger partial charge in [0.2, 0.25) is 0 Å². The summed E-state index contributed by atoms with van der Waals surface area (Å²) in [6.45, 7) is 4.27. The van der Waals surface area contributed by atoms with Gasteiger partial charge < -0.3 is 16.0 Å². The minimum Gasteiger partial charge on any atom is -0.382 e. The van der Waals surface area contributed by atoms with Gasteiger partial charge in [-0.25, -0.2) is 9.97 Å². The van der Waals surface area contributed by atoms with Crippen LogP contribution in [0.5, 0.6) is 0 Å². The number of carbonyl (C=O) groups excluding carboxylic acids is 1. The quantitative estimate of drug-likeness (QED) is 0.780. The van der Waals surface area contributed by atoms with Crippen LogP contribution in [0.2, 0.25) is 0 Å². The molecule has 18 heavy (non-hydrogen) atoms. The molecule has 102 valence electrons. The number of rotatable bonds is 1. The van der Waals surface area contributed by atoms with Crippen molar-refractivity contribution < 1.29 is 4.79 Å². The van der Waals surface area contributed by atoms with Gasteiger partial charge in [-0.15, -0.1) is 24.8 Å². The lowest BCUT2D eigenvalue weighted by Gasteiger charge is -2.33. The van der Waals surface area contributed by atoms with Gasteiger partial charge in [-0.1, -0.05) is 0 Å². The summed E-state index contributed by atoms with van der Waals surface area (Å²) in [6.07, 6.45) is 2.96. The summed E-state index contributed by atoms with van der Waals surface area (Å²) in [7, 11) is 0. The maximum Gasteiger partial charge on any atom is 0.276 e. The first kappa shape index (κ1) is 16.9. The molecule has 1 fully saturated rings. The maximum absolute atomic E-state index is 12.1. The Bertz CT molecular complexity index is 404. The Kier molecular flexibility index (Phi) is 6.90. The fourth-order valence-corrected chi connectivity index (χ4v) is 1.79. The molecule has 1 aliphatic heterocycles. The summed E-state index contributed by atoms with van der Waals surface area (Å²) in [4.78, 5) is 21.8. The highest BCUT2D eigenvalue weighted by Crippen LogP contribution is 2.11. The lowest BCUT2D eigenvalue weighted by molar-refractivity contribution is 0.0650. The van der Waals surface area contributed by atoms with Crippen molar-refractivity contribution in [1.29, 1.82) is 0 Å². The van der Waals surface area contributed by atoms with Crippen molar-refractivity contribution >= 4 is 36.5 Å². The second kappa shape index (κ2) is 7.35. The number of halogens is 2. The Labute approximate surface area is 118 Å². The van der Waals surface area contributed by atoms with Crippen LogP contribution in [0.15, 0.2) is 12.4 Å². The van der Waals surface area contributed by atoms with Gasteiger partial charge in [0.1, 0.15) is 0 Å². The van der Waals surface area contributed by atoms with Crippen LogP contribution in [0.1, 0.15) is 17.4 Å². The first-order valence-corrected chi connectivity index (χ1v) is 5.28. The molecule has 1 aliphatic rings. The summed E-state index contributed by atoms with van der Waals surface area (Å²) in [5.74, 6) is 0.0535. The Morgan fingerprint density at radius 1 is 1.44 bits per heavy atom. The van der Waals surface area contributed by atoms with E-state index in [1.54, 1.807) is 4.90 Å². The molecule has 0 aromatic carbocycles. The molecule has 6 nitrogen and oxygen atoms in total. The number of hydrogen-bond donors (Lipinski definition) is 2. The molecule has 0 saturated carbocycles. The second-order valence-electron chi connectivity index (χ2n) is 3.84. The largest absolute Gasteiger partial charge is 0.382 e. The predicted octanol–water partition coefficient (Wildman–Crippen LogP) is 0.336. The van der Waals surface area contributed by atoms with E-state index in [0.29, 0.717) is 6.54 Å². The average molecular weight is 294 g/mol. The van der Waals surface area contributed by atoms with E-state index in [1.807, 2.05) is 6.92 Å². The average Bonchev–Trinajstić information content (AvgIpc) is 2.29. The zero-order chi connectivity index (χ0) is 11.5. The van der Waals surface area contributed by atoms with Gasteiger partial charge in [-0.3, -0.25) is 4.79 Å². The monoisotopic (exact) mass is 293 g/mol. The van der Waals surface area contributed by atoms with E-state index in [4.69, 9.17) is 5.73 Å². The molecule has 1 amide bonds. The van der Waals surface area contributed by atoms with Gasteiger partial charge in [-0.2, -0.15) is 0 Å². The molecule has 0 spiro atoms. The van der Waals surface area contributed by atoms with Gasteiger partial charge in [-0.05, 0) is 6.92 Å². The van der Waals surface area contributed by atoms with E-state index in [9.17, 15) is 4.79 Å². The molecule has 2 heterocycles. The van der Waals surface area contributed by atoms with E-state index in [-0.39, 0.29) is 48.3 Å². The molecular formula is C10H17Cl2N5O. The smallest absolute Gasteiger partial charge is 0.276 e. The SMILES string of the molecule is C[C@H]1CNCCN1C(=O)c1nccnc1N.Cl.Cl. The lowest BCUT2D eigenvalue weighted by Crippen LogP contribution is -2.52. The Balaban J connectivity index is 0.00000144. The molecule has 3 N–H and O–H groups in total. The minimum absolute atomic E-state index is 0. The van der Waals surface area contributed by atoms with E-state index in [2.05, 4.69) is 15.3 Å². The number of aromatic nitrogens is 2. The number of nitrogens with zero attached hydrogens (tertiary/aromatic N) is 3. The fraction of sp³-hybridized carbons (Fsp3) is 0.500. The van der Waals surface area contributed by atoms with E-state index in [1.165, 1.54) is 12.4 Å². The van der Waals surface area contributed by atoms with Crippen LogP contribution < -0.4 is 11.1 Å². The van der Waals surface area contributed by atoms with Gasteiger partial charge in [0, 0.05) is 38.1 Å². The third-order valence-corrected chi connectivity index (χ3v) is 2.69. The number of nitrogens with one attached hydrogen (secondary N) is 1. The van der Waals surface area contributed by atoms with E-state index >= 15 is 0 Å². The number of hydrogen-bond acceptors (Lipinski definition) is 5. The predicted molar refractivity (Wildman–Crippen MR) is 74.3 cm³/mol. The third-order valence-electron chi connectivity index (χ3n) is 2.69. The number of amides is 1. The Hall–Kier alpha value is -1.11. The Morgan fingerprint density at radius 3 is 2.72 bits per heavy atom. The molecular weight excluding hydrogens is 277 g/mol. The highest BCUT2D eigenvalue weighted by Gasteiger charge is 2.26. The van der Waals surface area contributed by atoms with Crippen molar-refractivity contribution in [2.45, 2.75) is 13.0 Å². The van der Waals surface area contributed by atoms with Crippen molar-refractivity contribution in [3.63, 3.8) is 0 Å². The van der Waals surface area contributed by atoms with Crippen molar-refractivity contribution in [2.75, 3.05) is 25.4 Å². The fourth-order valence-electron chi connectivity index (χ4n) is 1.79. The summed E-state index contributed by atoms with van der Waals surface area (Å²) >= 11 is 0. The number of carbonyl (C=O) groups is 1. The van der Waals surface area contributed by atoms with E-state index in [0.717, 1.165) is 13.1 Å². The summed E-state index contributed by atoms with van der Waals surface area (Å²) in [5.41, 5.74) is 5.88. The molecule has 0 radical (unpaired) electrons. The molecule has 0 unspecified atom stereocenters. The first-order chi connectivity index (χ1) is 7.70. The number of nitrogen functional groups attached to an aromatic ring is 1. The number of nitrogens with two attached hydrogens (primary N) is 1. The number of piperazine rings is 1. The van der Waals surface area contributed by atoms with Gasteiger partial charge in [0.25, 0.3) is 5.91 Å². The molecule has 0 bridgehead atoms. The van der Waals surface area contributed by atoms with Crippen LogP contribution in [0, 0.1) is 0 Å².